The second-order valence-electron chi connectivity index (χ2n) is 6.47. The Labute approximate surface area is 155 Å². The Kier molecular flexibility index (Phi) is 4.17. The second kappa shape index (κ2) is 6.50. The van der Waals surface area contributed by atoms with Gasteiger partial charge in [-0.1, -0.05) is 17.7 Å². The molecule has 2 amide bonds. The molecular formula is C20H17ClN2O3. The van der Waals surface area contributed by atoms with Gasteiger partial charge in [0.1, 0.15) is 5.58 Å². The van der Waals surface area contributed by atoms with Gasteiger partial charge in [-0.2, -0.15) is 0 Å². The van der Waals surface area contributed by atoms with E-state index in [1.165, 1.54) is 0 Å². The fraction of sp³-hybridized carbons (Fsp3) is 0.200. The van der Waals surface area contributed by atoms with Gasteiger partial charge >= 0.3 is 0 Å². The van der Waals surface area contributed by atoms with Crippen molar-refractivity contribution in [2.45, 2.75) is 19.4 Å². The largest absolute Gasteiger partial charge is 0.451 e. The number of fused-ring (bicyclic) bond motifs is 2. The SMILES string of the molecule is NC(=O)c1ccc2c(c1)CCCN(C(=O)c1cc3cc(Cl)ccc3o1)C2. The molecule has 0 spiro atoms. The van der Waals surface area contributed by atoms with Gasteiger partial charge in [-0.15, -0.1) is 0 Å². The summed E-state index contributed by atoms with van der Waals surface area (Å²) in [4.78, 5) is 26.1. The molecule has 0 fully saturated rings. The van der Waals surface area contributed by atoms with E-state index < -0.39 is 5.91 Å². The van der Waals surface area contributed by atoms with Gasteiger partial charge in [-0.05, 0) is 60.4 Å². The highest BCUT2D eigenvalue weighted by Crippen LogP contribution is 2.26. The average molecular weight is 369 g/mol. The molecule has 132 valence electrons. The number of halogens is 1. The number of nitrogens with two attached hydrogens (primary N) is 1. The number of rotatable bonds is 2. The lowest BCUT2D eigenvalue weighted by Gasteiger charge is -2.19. The zero-order valence-corrected chi connectivity index (χ0v) is 14.8. The van der Waals surface area contributed by atoms with E-state index in [9.17, 15) is 9.59 Å². The first-order valence-electron chi connectivity index (χ1n) is 8.41. The van der Waals surface area contributed by atoms with Crippen LogP contribution in [0.4, 0.5) is 0 Å². The number of aryl methyl sites for hydroxylation is 1. The predicted molar refractivity (Wildman–Crippen MR) is 99.2 cm³/mol. The molecule has 0 unspecified atom stereocenters. The summed E-state index contributed by atoms with van der Waals surface area (Å²) in [6, 6.07) is 12.4. The lowest BCUT2D eigenvalue weighted by molar-refractivity contribution is 0.0716. The van der Waals surface area contributed by atoms with E-state index in [2.05, 4.69) is 0 Å². The quantitative estimate of drug-likeness (QED) is 0.747. The van der Waals surface area contributed by atoms with Crippen LogP contribution in [-0.4, -0.2) is 23.3 Å². The standard InChI is InChI=1S/C20H17ClN2O3/c21-16-5-6-17-15(9-16)10-18(26-17)20(25)23-7-1-2-12-8-13(19(22)24)3-4-14(12)11-23/h3-6,8-10H,1-2,7,11H2,(H2,22,24). The third kappa shape index (κ3) is 3.06. The summed E-state index contributed by atoms with van der Waals surface area (Å²) in [7, 11) is 0. The molecule has 0 aliphatic carbocycles. The van der Waals surface area contributed by atoms with Crippen LogP contribution in [0.25, 0.3) is 11.0 Å². The van der Waals surface area contributed by atoms with Crippen LogP contribution >= 0.6 is 11.6 Å². The maximum Gasteiger partial charge on any atom is 0.289 e. The first kappa shape index (κ1) is 16.7. The minimum atomic E-state index is -0.439. The Morgan fingerprint density at radius 1 is 1.08 bits per heavy atom. The molecule has 0 radical (unpaired) electrons. The summed E-state index contributed by atoms with van der Waals surface area (Å²) in [5.41, 5.74) is 8.59. The van der Waals surface area contributed by atoms with E-state index in [0.29, 0.717) is 35.0 Å². The molecule has 5 nitrogen and oxygen atoms in total. The fourth-order valence-electron chi connectivity index (χ4n) is 3.36. The van der Waals surface area contributed by atoms with Crippen molar-refractivity contribution in [1.82, 2.24) is 4.90 Å². The molecule has 2 heterocycles. The summed E-state index contributed by atoms with van der Waals surface area (Å²) >= 11 is 6.00. The number of hydrogen-bond donors (Lipinski definition) is 1. The van der Waals surface area contributed by atoms with Gasteiger partial charge in [-0.3, -0.25) is 9.59 Å². The summed E-state index contributed by atoms with van der Waals surface area (Å²) < 4.78 is 5.71. The molecule has 3 aromatic rings. The van der Waals surface area contributed by atoms with E-state index in [4.69, 9.17) is 21.8 Å². The Balaban J connectivity index is 1.62. The average Bonchev–Trinajstić information content (AvgIpc) is 2.91. The van der Waals surface area contributed by atoms with E-state index in [-0.39, 0.29) is 5.91 Å². The van der Waals surface area contributed by atoms with Crippen molar-refractivity contribution in [2.75, 3.05) is 6.54 Å². The minimum absolute atomic E-state index is 0.149. The van der Waals surface area contributed by atoms with Gasteiger partial charge in [0.05, 0.1) is 0 Å². The van der Waals surface area contributed by atoms with E-state index in [1.807, 2.05) is 12.1 Å². The highest BCUT2D eigenvalue weighted by molar-refractivity contribution is 6.31. The first-order chi connectivity index (χ1) is 12.5. The van der Waals surface area contributed by atoms with Crippen LogP contribution in [0.1, 0.15) is 38.5 Å². The molecule has 0 bridgehead atoms. The van der Waals surface area contributed by atoms with E-state index >= 15 is 0 Å². The number of primary amides is 1. The number of hydrogen-bond acceptors (Lipinski definition) is 3. The van der Waals surface area contributed by atoms with Crippen molar-refractivity contribution < 1.29 is 14.0 Å². The van der Waals surface area contributed by atoms with Crippen molar-refractivity contribution in [3.63, 3.8) is 0 Å². The Morgan fingerprint density at radius 2 is 1.92 bits per heavy atom. The number of carbonyl (C=O) groups is 2. The van der Waals surface area contributed by atoms with Gasteiger partial charge in [0.25, 0.3) is 5.91 Å². The van der Waals surface area contributed by atoms with Gasteiger partial charge < -0.3 is 15.1 Å². The maximum absolute atomic E-state index is 12.9. The lowest BCUT2D eigenvalue weighted by atomic mass is 10.0. The Bertz CT molecular complexity index is 1030. The molecule has 4 rings (SSSR count). The zero-order chi connectivity index (χ0) is 18.3. The van der Waals surface area contributed by atoms with Crippen molar-refractivity contribution >= 4 is 34.4 Å². The van der Waals surface area contributed by atoms with Crippen LogP contribution < -0.4 is 5.73 Å². The molecular weight excluding hydrogens is 352 g/mol. The normalized spacial score (nSPS) is 14.1. The number of nitrogens with zero attached hydrogens (tertiary/aromatic N) is 1. The van der Waals surface area contributed by atoms with Crippen molar-refractivity contribution in [3.8, 4) is 0 Å². The number of amides is 2. The smallest absolute Gasteiger partial charge is 0.289 e. The highest BCUT2D eigenvalue weighted by Gasteiger charge is 2.23. The highest BCUT2D eigenvalue weighted by atomic mass is 35.5. The topological polar surface area (TPSA) is 76.5 Å². The van der Waals surface area contributed by atoms with E-state index in [0.717, 1.165) is 29.4 Å². The molecule has 26 heavy (non-hydrogen) atoms. The summed E-state index contributed by atoms with van der Waals surface area (Å²) in [6.07, 6.45) is 1.61. The van der Waals surface area contributed by atoms with E-state index in [1.54, 1.807) is 35.2 Å². The Morgan fingerprint density at radius 3 is 2.73 bits per heavy atom. The summed E-state index contributed by atoms with van der Waals surface area (Å²) in [5.74, 6) is -0.283. The van der Waals surface area contributed by atoms with Crippen LogP contribution in [-0.2, 0) is 13.0 Å². The zero-order valence-electron chi connectivity index (χ0n) is 14.0. The molecule has 1 aliphatic rings. The molecule has 6 heteroatoms. The van der Waals surface area contributed by atoms with Gasteiger partial charge in [-0.25, -0.2) is 0 Å². The Hall–Kier alpha value is -2.79. The third-order valence-electron chi connectivity index (χ3n) is 4.70. The number of furan rings is 1. The first-order valence-corrected chi connectivity index (χ1v) is 8.79. The fourth-order valence-corrected chi connectivity index (χ4v) is 3.54. The molecule has 2 aromatic carbocycles. The van der Waals surface area contributed by atoms with Crippen molar-refractivity contribution in [3.05, 3.63) is 69.9 Å². The summed E-state index contributed by atoms with van der Waals surface area (Å²) in [5, 5.41) is 1.41. The van der Waals surface area contributed by atoms with Crippen LogP contribution in [0.3, 0.4) is 0 Å². The molecule has 1 aliphatic heterocycles. The molecule has 0 saturated heterocycles. The molecule has 2 N–H and O–H groups in total. The molecule has 0 saturated carbocycles. The van der Waals surface area contributed by atoms with Gasteiger partial charge in [0, 0.05) is 29.1 Å². The lowest BCUT2D eigenvalue weighted by Crippen LogP contribution is -2.30. The van der Waals surface area contributed by atoms with Gasteiger partial charge in [0.2, 0.25) is 5.91 Å². The van der Waals surface area contributed by atoms with Crippen molar-refractivity contribution in [1.29, 1.82) is 0 Å². The van der Waals surface area contributed by atoms with Crippen molar-refractivity contribution in [2.24, 2.45) is 5.73 Å². The predicted octanol–water partition coefficient (Wildman–Crippen LogP) is 3.77. The maximum atomic E-state index is 12.9. The van der Waals surface area contributed by atoms with Gasteiger partial charge in [0.15, 0.2) is 5.76 Å². The second-order valence-corrected chi connectivity index (χ2v) is 6.91. The van der Waals surface area contributed by atoms with Crippen LogP contribution in [0.15, 0.2) is 46.9 Å². The van der Waals surface area contributed by atoms with Crippen LogP contribution in [0, 0.1) is 0 Å². The molecule has 0 atom stereocenters. The van der Waals surface area contributed by atoms with Crippen LogP contribution in [0.2, 0.25) is 5.02 Å². The monoisotopic (exact) mass is 368 g/mol. The minimum Gasteiger partial charge on any atom is -0.451 e. The summed E-state index contributed by atoms with van der Waals surface area (Å²) in [6.45, 7) is 1.10. The number of benzene rings is 2. The number of carbonyl (C=O) groups excluding carboxylic acids is 2. The molecule has 1 aromatic heterocycles. The van der Waals surface area contributed by atoms with Crippen LogP contribution in [0.5, 0.6) is 0 Å². The third-order valence-corrected chi connectivity index (χ3v) is 4.94.